The van der Waals surface area contributed by atoms with Gasteiger partial charge in [0, 0.05) is 29.9 Å². The quantitative estimate of drug-likeness (QED) is 0.624. The number of carbonyl (C=O) groups is 2. The third-order valence-electron chi connectivity index (χ3n) is 6.42. The molecule has 1 aliphatic heterocycles. The van der Waals surface area contributed by atoms with E-state index in [0.29, 0.717) is 24.7 Å². The van der Waals surface area contributed by atoms with Gasteiger partial charge in [0.1, 0.15) is 6.10 Å². The molecule has 10 heteroatoms. The number of aromatic amines is 1. The van der Waals surface area contributed by atoms with Crippen LogP contribution in [0.3, 0.4) is 0 Å². The molecule has 3 N–H and O–H groups in total. The van der Waals surface area contributed by atoms with Crippen molar-refractivity contribution in [2.24, 2.45) is 0 Å². The van der Waals surface area contributed by atoms with Gasteiger partial charge in [-0.05, 0) is 44.7 Å². The van der Waals surface area contributed by atoms with Gasteiger partial charge in [-0.25, -0.2) is 9.78 Å². The summed E-state index contributed by atoms with van der Waals surface area (Å²) in [5.41, 5.74) is 0.852. The minimum absolute atomic E-state index is 0.173. The summed E-state index contributed by atoms with van der Waals surface area (Å²) in [6.45, 7) is 3.82. The van der Waals surface area contributed by atoms with E-state index in [1.165, 1.54) is 7.11 Å². The average molecular weight is 444 g/mol. The minimum atomic E-state index is -0.850. The first kappa shape index (κ1) is 22.1. The van der Waals surface area contributed by atoms with E-state index in [2.05, 4.69) is 20.5 Å². The monoisotopic (exact) mass is 443 g/mol. The van der Waals surface area contributed by atoms with E-state index in [1.54, 1.807) is 30.2 Å². The molecule has 2 fully saturated rings. The van der Waals surface area contributed by atoms with Crippen LogP contribution in [-0.4, -0.2) is 68.6 Å². The van der Waals surface area contributed by atoms with E-state index in [9.17, 15) is 14.7 Å². The Hall–Kier alpha value is -3.14. The number of hydrogen-bond acceptors (Lipinski definition) is 7. The predicted octanol–water partition coefficient (Wildman–Crippen LogP) is 2.22. The molecule has 2 amide bonds. The number of amides is 2. The number of ether oxygens (including phenoxy) is 2. The summed E-state index contributed by atoms with van der Waals surface area (Å²) in [5.74, 6) is 0.910. The van der Waals surface area contributed by atoms with Crippen molar-refractivity contribution in [2.45, 2.75) is 63.2 Å². The molecule has 0 unspecified atom stereocenters. The van der Waals surface area contributed by atoms with E-state index < -0.39 is 5.60 Å². The van der Waals surface area contributed by atoms with Gasteiger partial charge in [-0.15, -0.1) is 0 Å². The van der Waals surface area contributed by atoms with Gasteiger partial charge in [0.05, 0.1) is 31.7 Å². The van der Waals surface area contributed by atoms with Gasteiger partial charge in [0.15, 0.2) is 5.82 Å². The standard InChI is InChI=1S/C22H29N5O5/c1-13-22(2,30)12-27(13)21(29)32-16-5-4-15(10-16)17-11-18(26-25-17)24-19(28)8-14-6-7-23-20(9-14)31-3/h6-7,9,11,13,15-16,30H,4-5,8,10,12H2,1-3H3,(H2,24,25,26,28)/t13-,15-,16+,22+/m0/s1. The third-order valence-corrected chi connectivity index (χ3v) is 6.42. The SMILES string of the molecule is COc1cc(CC(=O)Nc2cc([C@H]3CC[C@@H](OC(=O)N4C[C@@](C)(O)[C@@H]4C)C3)[nH]n2)ccn1. The van der Waals surface area contributed by atoms with Crippen molar-refractivity contribution in [3.63, 3.8) is 0 Å². The lowest BCUT2D eigenvalue weighted by molar-refractivity contribution is -0.123. The molecule has 1 saturated carbocycles. The van der Waals surface area contributed by atoms with Gasteiger partial charge >= 0.3 is 6.09 Å². The number of methoxy groups -OCH3 is 1. The summed E-state index contributed by atoms with van der Waals surface area (Å²) in [7, 11) is 1.53. The van der Waals surface area contributed by atoms with Crippen LogP contribution < -0.4 is 10.1 Å². The van der Waals surface area contributed by atoms with Crippen LogP contribution in [0.5, 0.6) is 5.88 Å². The second kappa shape index (κ2) is 8.78. The number of likely N-dealkylation sites (tertiary alicyclic amines) is 1. The van der Waals surface area contributed by atoms with Crippen LogP contribution in [-0.2, 0) is 16.0 Å². The highest BCUT2D eigenvalue weighted by Crippen LogP contribution is 2.37. The number of H-pyrrole nitrogens is 1. The summed E-state index contributed by atoms with van der Waals surface area (Å²) in [6.07, 6.45) is 3.55. The van der Waals surface area contributed by atoms with Crippen molar-refractivity contribution >= 4 is 17.8 Å². The number of carbonyl (C=O) groups excluding carboxylic acids is 2. The lowest BCUT2D eigenvalue weighted by Crippen LogP contribution is -2.68. The van der Waals surface area contributed by atoms with Crippen LogP contribution in [0.15, 0.2) is 24.4 Å². The second-order valence-electron chi connectivity index (χ2n) is 8.82. The van der Waals surface area contributed by atoms with Gasteiger partial charge in [-0.3, -0.25) is 14.8 Å². The highest BCUT2D eigenvalue weighted by Gasteiger charge is 2.48. The number of hydrogen-bond donors (Lipinski definition) is 3. The Kier molecular flexibility index (Phi) is 6.05. The maximum Gasteiger partial charge on any atom is 0.410 e. The highest BCUT2D eigenvalue weighted by atomic mass is 16.6. The Morgan fingerprint density at radius 2 is 2.19 bits per heavy atom. The van der Waals surface area contributed by atoms with Gasteiger partial charge < -0.3 is 19.9 Å². The average Bonchev–Trinajstić information content (AvgIpc) is 3.41. The molecule has 0 radical (unpaired) electrons. The number of nitrogens with zero attached hydrogens (tertiary/aromatic N) is 3. The van der Waals surface area contributed by atoms with Crippen molar-refractivity contribution in [1.82, 2.24) is 20.1 Å². The first-order valence-electron chi connectivity index (χ1n) is 10.8. The molecule has 172 valence electrons. The smallest absolute Gasteiger partial charge is 0.410 e. The van der Waals surface area contributed by atoms with E-state index >= 15 is 0 Å². The number of β-amino-alcohol motifs (C(OH)–C–C–N with tert-alkyl or cyclic N) is 1. The Morgan fingerprint density at radius 1 is 1.38 bits per heavy atom. The zero-order chi connectivity index (χ0) is 22.9. The van der Waals surface area contributed by atoms with Gasteiger partial charge in [0.25, 0.3) is 0 Å². The maximum absolute atomic E-state index is 12.4. The zero-order valence-corrected chi connectivity index (χ0v) is 18.5. The molecule has 4 rings (SSSR count). The van der Waals surface area contributed by atoms with Crippen LogP contribution in [0.25, 0.3) is 0 Å². The van der Waals surface area contributed by atoms with Crippen LogP contribution in [0.4, 0.5) is 10.6 Å². The number of anilines is 1. The Bertz CT molecular complexity index is 991. The van der Waals surface area contributed by atoms with Crippen molar-refractivity contribution in [3.05, 3.63) is 35.7 Å². The lowest BCUT2D eigenvalue weighted by atomic mass is 9.87. The fraction of sp³-hybridized carbons (Fsp3) is 0.545. The number of pyridine rings is 1. The molecule has 2 aromatic rings. The first-order valence-corrected chi connectivity index (χ1v) is 10.8. The second-order valence-corrected chi connectivity index (χ2v) is 8.82. The number of rotatable bonds is 6. The fourth-order valence-corrected chi connectivity index (χ4v) is 4.25. The van der Waals surface area contributed by atoms with Gasteiger partial charge in [0.2, 0.25) is 11.8 Å². The van der Waals surface area contributed by atoms with E-state index in [0.717, 1.165) is 24.1 Å². The van der Waals surface area contributed by atoms with E-state index in [-0.39, 0.29) is 36.5 Å². The molecule has 0 spiro atoms. The van der Waals surface area contributed by atoms with E-state index in [4.69, 9.17) is 9.47 Å². The molecule has 2 aliphatic rings. The molecule has 10 nitrogen and oxygen atoms in total. The topological polar surface area (TPSA) is 130 Å². The fourth-order valence-electron chi connectivity index (χ4n) is 4.25. The lowest BCUT2D eigenvalue weighted by Gasteiger charge is -2.50. The van der Waals surface area contributed by atoms with Crippen LogP contribution in [0.2, 0.25) is 0 Å². The minimum Gasteiger partial charge on any atom is -0.481 e. The normalized spacial score (nSPS) is 27.0. The number of aromatic nitrogens is 3. The van der Waals surface area contributed by atoms with E-state index in [1.807, 2.05) is 13.0 Å². The van der Waals surface area contributed by atoms with Gasteiger partial charge in [-0.1, -0.05) is 0 Å². The molecule has 2 aromatic heterocycles. The molecule has 1 saturated heterocycles. The summed E-state index contributed by atoms with van der Waals surface area (Å²) in [5, 5.41) is 20.0. The van der Waals surface area contributed by atoms with Crippen molar-refractivity contribution in [3.8, 4) is 5.88 Å². The molecule has 4 atom stereocenters. The molecular weight excluding hydrogens is 414 g/mol. The molecule has 0 bridgehead atoms. The molecule has 32 heavy (non-hydrogen) atoms. The first-order chi connectivity index (χ1) is 15.2. The molecule has 3 heterocycles. The van der Waals surface area contributed by atoms with Crippen molar-refractivity contribution < 1.29 is 24.2 Å². The van der Waals surface area contributed by atoms with Crippen LogP contribution >= 0.6 is 0 Å². The number of nitrogens with one attached hydrogen (secondary N) is 2. The highest BCUT2D eigenvalue weighted by molar-refractivity contribution is 5.91. The van der Waals surface area contributed by atoms with Crippen LogP contribution in [0.1, 0.15) is 50.3 Å². The molecular formula is C22H29N5O5. The summed E-state index contributed by atoms with van der Waals surface area (Å²) in [4.78, 5) is 30.3. The zero-order valence-electron chi connectivity index (χ0n) is 18.5. The Labute approximate surface area is 186 Å². The molecule has 1 aliphatic carbocycles. The van der Waals surface area contributed by atoms with Crippen LogP contribution in [0, 0.1) is 0 Å². The van der Waals surface area contributed by atoms with Crippen molar-refractivity contribution in [2.75, 3.05) is 19.0 Å². The Balaban J connectivity index is 1.26. The Morgan fingerprint density at radius 3 is 2.91 bits per heavy atom. The molecule has 0 aromatic carbocycles. The summed E-state index contributed by atoms with van der Waals surface area (Å²) in [6, 6.07) is 5.06. The summed E-state index contributed by atoms with van der Waals surface area (Å²) >= 11 is 0. The number of aliphatic hydroxyl groups is 1. The summed E-state index contributed by atoms with van der Waals surface area (Å²) < 4.78 is 10.7. The predicted molar refractivity (Wildman–Crippen MR) is 115 cm³/mol. The van der Waals surface area contributed by atoms with Gasteiger partial charge in [-0.2, -0.15) is 5.10 Å². The maximum atomic E-state index is 12.4. The third kappa shape index (κ3) is 4.69. The van der Waals surface area contributed by atoms with Crippen molar-refractivity contribution in [1.29, 1.82) is 0 Å². The largest absolute Gasteiger partial charge is 0.481 e.